The van der Waals surface area contributed by atoms with Crippen LogP contribution >= 0.6 is 11.8 Å². The van der Waals surface area contributed by atoms with E-state index in [1.807, 2.05) is 0 Å². The predicted octanol–water partition coefficient (Wildman–Crippen LogP) is -1.01. The fourth-order valence-electron chi connectivity index (χ4n) is 1.94. The molecule has 4 N–H and O–H groups in total. The average molecular weight is 311 g/mol. The summed E-state index contributed by atoms with van der Waals surface area (Å²) in [5.41, 5.74) is 6.17. The molecule has 0 spiro atoms. The number of amides is 1. The Morgan fingerprint density at radius 3 is 3.05 bits per heavy atom. The molecule has 0 aliphatic carbocycles. The maximum atomic E-state index is 12.0. The summed E-state index contributed by atoms with van der Waals surface area (Å²) in [4.78, 5) is 27.6. The number of Topliss-reactive ketones (excluding diaryl/α,β-unsaturated/α-hetero) is 1. The van der Waals surface area contributed by atoms with Crippen LogP contribution in [0.15, 0.2) is 6.07 Å². The Balaban J connectivity index is 2.34. The third-order valence-corrected chi connectivity index (χ3v) is 4.21. The number of anilines is 1. The molecule has 1 aromatic heterocycles. The molecule has 0 saturated carbocycles. The van der Waals surface area contributed by atoms with Crippen LogP contribution < -0.4 is 21.1 Å². The molecule has 1 atom stereocenters. The van der Waals surface area contributed by atoms with Gasteiger partial charge in [-0.25, -0.2) is 4.73 Å². The minimum Gasteiger partial charge on any atom is -0.740 e. The topological polar surface area (TPSA) is 124 Å². The van der Waals surface area contributed by atoms with Crippen molar-refractivity contribution in [1.29, 1.82) is 0 Å². The van der Waals surface area contributed by atoms with Crippen molar-refractivity contribution in [3.05, 3.63) is 22.8 Å². The van der Waals surface area contributed by atoms with Gasteiger partial charge in [-0.1, -0.05) is 0 Å². The SMILES string of the molecule is CCNC(=O)C(=O)c1nc(C2CNCCS2)cc(N)[n+]1[O-]. The Kier molecular flexibility index (Phi) is 4.97. The second-order valence-electron chi connectivity index (χ2n) is 4.48. The number of carbonyl (C=O) groups excluding carboxylic acids is 2. The summed E-state index contributed by atoms with van der Waals surface area (Å²) in [5, 5.41) is 17.4. The summed E-state index contributed by atoms with van der Waals surface area (Å²) in [5.74, 6) is -1.56. The van der Waals surface area contributed by atoms with Gasteiger partial charge in [-0.15, -0.1) is 16.7 Å². The molecule has 1 saturated heterocycles. The van der Waals surface area contributed by atoms with Crippen LogP contribution in [0.25, 0.3) is 0 Å². The first-order chi connectivity index (χ1) is 10.0. The Morgan fingerprint density at radius 1 is 1.67 bits per heavy atom. The second-order valence-corrected chi connectivity index (χ2v) is 5.79. The minimum absolute atomic E-state index is 0.00281. The molecular weight excluding hydrogens is 294 g/mol. The lowest BCUT2D eigenvalue weighted by Crippen LogP contribution is -2.44. The number of hydrogen-bond donors (Lipinski definition) is 3. The number of nitrogens with two attached hydrogens (primary N) is 1. The molecule has 8 nitrogen and oxygen atoms in total. The van der Waals surface area contributed by atoms with Crippen molar-refractivity contribution >= 4 is 29.3 Å². The molecule has 1 aromatic rings. The highest BCUT2D eigenvalue weighted by molar-refractivity contribution is 7.99. The van der Waals surface area contributed by atoms with Gasteiger partial charge in [0.1, 0.15) is 5.69 Å². The number of aromatic nitrogens is 2. The Morgan fingerprint density at radius 2 is 2.43 bits per heavy atom. The second kappa shape index (κ2) is 6.72. The van der Waals surface area contributed by atoms with Gasteiger partial charge >= 0.3 is 11.6 Å². The van der Waals surface area contributed by atoms with E-state index in [-0.39, 0.29) is 15.8 Å². The number of ketones is 1. The summed E-state index contributed by atoms with van der Waals surface area (Å²) in [6, 6.07) is 1.45. The number of nitrogens with one attached hydrogen (secondary N) is 2. The number of rotatable bonds is 4. The monoisotopic (exact) mass is 311 g/mol. The standard InChI is InChI=1S/C12H17N5O3S/c1-2-15-12(19)10(18)11-16-7(5-9(13)17(11)20)8-6-14-3-4-21-8/h5,8,14H,2-4,6,13H2,1H3,(H,15,19). The Labute approximate surface area is 126 Å². The zero-order valence-corrected chi connectivity index (χ0v) is 12.4. The molecule has 1 amide bonds. The summed E-state index contributed by atoms with van der Waals surface area (Å²) in [6.07, 6.45) is 0. The summed E-state index contributed by atoms with van der Waals surface area (Å²) >= 11 is 1.67. The molecule has 114 valence electrons. The molecule has 0 radical (unpaired) electrons. The Bertz CT molecular complexity index is 560. The van der Waals surface area contributed by atoms with E-state index in [0.717, 1.165) is 12.3 Å². The molecule has 0 aromatic carbocycles. The molecule has 21 heavy (non-hydrogen) atoms. The van der Waals surface area contributed by atoms with Crippen LogP contribution in [0, 0.1) is 5.21 Å². The average Bonchev–Trinajstić information content (AvgIpc) is 2.50. The van der Waals surface area contributed by atoms with E-state index in [2.05, 4.69) is 15.6 Å². The zero-order valence-electron chi connectivity index (χ0n) is 11.6. The van der Waals surface area contributed by atoms with E-state index < -0.39 is 17.5 Å². The van der Waals surface area contributed by atoms with Crippen LogP contribution in [0.3, 0.4) is 0 Å². The lowest BCUT2D eigenvalue weighted by Gasteiger charge is -2.21. The summed E-state index contributed by atoms with van der Waals surface area (Å²) in [7, 11) is 0. The molecule has 1 fully saturated rings. The van der Waals surface area contributed by atoms with Gasteiger partial charge in [0.2, 0.25) is 5.82 Å². The number of likely N-dealkylation sites (N-methyl/N-ethyl adjacent to an activating group) is 1. The van der Waals surface area contributed by atoms with Crippen molar-refractivity contribution in [1.82, 2.24) is 15.6 Å². The fourth-order valence-corrected chi connectivity index (χ4v) is 3.01. The third-order valence-electron chi connectivity index (χ3n) is 2.96. The molecule has 2 heterocycles. The first kappa shape index (κ1) is 15.5. The van der Waals surface area contributed by atoms with Gasteiger partial charge in [0.25, 0.3) is 5.91 Å². The van der Waals surface area contributed by atoms with Gasteiger partial charge < -0.3 is 21.6 Å². The molecule has 1 aliphatic heterocycles. The normalized spacial score (nSPS) is 18.2. The van der Waals surface area contributed by atoms with Crippen molar-refractivity contribution in [2.75, 3.05) is 31.1 Å². The lowest BCUT2D eigenvalue weighted by molar-refractivity contribution is -0.595. The minimum atomic E-state index is -0.978. The van der Waals surface area contributed by atoms with Gasteiger partial charge in [-0.3, -0.25) is 9.59 Å². The van der Waals surface area contributed by atoms with E-state index >= 15 is 0 Å². The van der Waals surface area contributed by atoms with Crippen LogP contribution in [-0.2, 0) is 4.79 Å². The zero-order chi connectivity index (χ0) is 15.4. The molecule has 9 heteroatoms. The van der Waals surface area contributed by atoms with Crippen molar-refractivity contribution in [2.24, 2.45) is 0 Å². The van der Waals surface area contributed by atoms with E-state index in [4.69, 9.17) is 5.73 Å². The molecule has 1 aliphatic rings. The van der Waals surface area contributed by atoms with Crippen molar-refractivity contribution < 1.29 is 14.3 Å². The number of nitrogens with zero attached hydrogens (tertiary/aromatic N) is 2. The maximum Gasteiger partial charge on any atom is 0.318 e. The third kappa shape index (κ3) is 3.42. The first-order valence-electron chi connectivity index (χ1n) is 6.59. The first-order valence-corrected chi connectivity index (χ1v) is 7.64. The molecular formula is C12H17N5O3S. The number of carbonyl (C=O) groups is 2. The highest BCUT2D eigenvalue weighted by Gasteiger charge is 2.29. The van der Waals surface area contributed by atoms with Crippen LogP contribution in [0.2, 0.25) is 0 Å². The number of nitrogen functional groups attached to an aromatic ring is 1. The van der Waals surface area contributed by atoms with Crippen LogP contribution in [-0.4, -0.2) is 42.1 Å². The van der Waals surface area contributed by atoms with Crippen molar-refractivity contribution in [2.45, 2.75) is 12.2 Å². The predicted molar refractivity (Wildman–Crippen MR) is 78.7 cm³/mol. The van der Waals surface area contributed by atoms with Crippen molar-refractivity contribution in [3.8, 4) is 0 Å². The van der Waals surface area contributed by atoms with Crippen molar-refractivity contribution in [3.63, 3.8) is 0 Å². The quantitative estimate of drug-likeness (QED) is 0.282. The van der Waals surface area contributed by atoms with Gasteiger partial charge in [0.15, 0.2) is 0 Å². The maximum absolute atomic E-state index is 12.0. The Hall–Kier alpha value is -1.87. The van der Waals surface area contributed by atoms with Gasteiger partial charge in [0.05, 0.1) is 11.3 Å². The van der Waals surface area contributed by atoms with Crippen LogP contribution in [0.4, 0.5) is 5.82 Å². The van der Waals surface area contributed by atoms with Gasteiger partial charge in [-0.2, -0.15) is 0 Å². The van der Waals surface area contributed by atoms with Gasteiger partial charge in [0, 0.05) is 25.4 Å². The van der Waals surface area contributed by atoms with E-state index in [0.29, 0.717) is 18.8 Å². The van der Waals surface area contributed by atoms with E-state index in [1.165, 1.54) is 6.07 Å². The van der Waals surface area contributed by atoms with E-state index in [9.17, 15) is 14.8 Å². The molecule has 2 rings (SSSR count). The largest absolute Gasteiger partial charge is 0.740 e. The molecule has 1 unspecified atom stereocenters. The fraction of sp³-hybridized carbons (Fsp3) is 0.500. The van der Waals surface area contributed by atoms with Gasteiger partial charge in [-0.05, 0) is 6.92 Å². The number of hydrogen-bond acceptors (Lipinski definition) is 7. The smallest absolute Gasteiger partial charge is 0.318 e. The lowest BCUT2D eigenvalue weighted by atomic mass is 10.2. The van der Waals surface area contributed by atoms with E-state index in [1.54, 1.807) is 18.7 Å². The van der Waals surface area contributed by atoms with Crippen LogP contribution in [0.1, 0.15) is 28.5 Å². The molecule has 0 bridgehead atoms. The highest BCUT2D eigenvalue weighted by Crippen LogP contribution is 2.29. The highest BCUT2D eigenvalue weighted by atomic mass is 32.2. The summed E-state index contributed by atoms with van der Waals surface area (Å²) in [6.45, 7) is 3.55. The van der Waals surface area contributed by atoms with Crippen LogP contribution in [0.5, 0.6) is 0 Å². The summed E-state index contributed by atoms with van der Waals surface area (Å²) < 4.78 is 0.196. The number of thioether (sulfide) groups is 1.